The summed E-state index contributed by atoms with van der Waals surface area (Å²) >= 11 is 2.78. The number of rotatable bonds is 6. The number of aromatic nitrogens is 1. The number of nitrogens with one attached hydrogen (secondary N) is 2. The van der Waals surface area contributed by atoms with Crippen LogP contribution in [0.15, 0.2) is 52.7 Å². The summed E-state index contributed by atoms with van der Waals surface area (Å²) in [5.41, 5.74) is 3.32. The van der Waals surface area contributed by atoms with Crippen LogP contribution in [0.4, 0.5) is 11.4 Å². The summed E-state index contributed by atoms with van der Waals surface area (Å²) in [4.78, 5) is 41.5. The number of nitrogens with zero attached hydrogens (tertiary/aromatic N) is 1. The Labute approximate surface area is 187 Å². The highest BCUT2D eigenvalue weighted by Crippen LogP contribution is 2.32. The van der Waals surface area contributed by atoms with Gasteiger partial charge in [-0.15, -0.1) is 23.1 Å². The molecule has 2 N–H and O–H groups in total. The van der Waals surface area contributed by atoms with E-state index in [1.807, 2.05) is 31.2 Å². The average molecular weight is 454 g/mol. The van der Waals surface area contributed by atoms with Crippen LogP contribution >= 0.6 is 23.1 Å². The van der Waals surface area contributed by atoms with Gasteiger partial charge < -0.3 is 15.4 Å². The van der Waals surface area contributed by atoms with Crippen LogP contribution in [-0.4, -0.2) is 28.5 Å². The van der Waals surface area contributed by atoms with E-state index in [2.05, 4.69) is 15.6 Å². The largest absolute Gasteiger partial charge is 0.456 e. The number of benzene rings is 2. The molecule has 0 spiro atoms. The second-order valence-electron chi connectivity index (χ2n) is 6.90. The molecule has 1 aromatic heterocycles. The number of para-hydroxylation sites is 1. The number of carbonyl (C=O) groups is 3. The lowest BCUT2D eigenvalue weighted by atomic mass is 10.2. The second kappa shape index (κ2) is 9.32. The second-order valence-corrected chi connectivity index (χ2v) is 8.86. The van der Waals surface area contributed by atoms with E-state index < -0.39 is 5.97 Å². The zero-order valence-electron chi connectivity index (χ0n) is 16.6. The van der Waals surface area contributed by atoms with Crippen LogP contribution in [0.5, 0.6) is 0 Å². The van der Waals surface area contributed by atoms with Gasteiger partial charge in [0.2, 0.25) is 11.8 Å². The molecule has 0 bridgehead atoms. The normalized spacial score (nSPS) is 12.6. The van der Waals surface area contributed by atoms with Crippen molar-refractivity contribution in [2.24, 2.45) is 0 Å². The maximum atomic E-state index is 12.4. The lowest BCUT2D eigenvalue weighted by molar-refractivity contribution is -0.115. The highest BCUT2D eigenvalue weighted by atomic mass is 32.2. The first-order chi connectivity index (χ1) is 15.0. The highest BCUT2D eigenvalue weighted by molar-refractivity contribution is 8.00. The molecule has 7 nitrogen and oxygen atoms in total. The van der Waals surface area contributed by atoms with Crippen LogP contribution in [-0.2, 0) is 27.4 Å². The Morgan fingerprint density at radius 2 is 2.06 bits per heavy atom. The molecule has 1 aliphatic rings. The van der Waals surface area contributed by atoms with E-state index in [0.29, 0.717) is 27.7 Å². The minimum Gasteiger partial charge on any atom is -0.456 e. The van der Waals surface area contributed by atoms with Gasteiger partial charge in [-0.2, -0.15) is 0 Å². The summed E-state index contributed by atoms with van der Waals surface area (Å²) in [6.07, 6.45) is 0.148. The molecule has 9 heteroatoms. The van der Waals surface area contributed by atoms with Crippen LogP contribution in [0.25, 0.3) is 0 Å². The van der Waals surface area contributed by atoms with E-state index in [9.17, 15) is 14.4 Å². The van der Waals surface area contributed by atoms with Crippen molar-refractivity contribution >= 4 is 52.3 Å². The molecule has 31 heavy (non-hydrogen) atoms. The molecule has 3 aromatic rings. The number of carbonyl (C=O) groups excluding carboxylic acids is 3. The first-order valence-corrected chi connectivity index (χ1v) is 11.4. The molecule has 0 radical (unpaired) electrons. The summed E-state index contributed by atoms with van der Waals surface area (Å²) < 4.78 is 5.35. The van der Waals surface area contributed by atoms with Gasteiger partial charge in [-0.05, 0) is 36.8 Å². The van der Waals surface area contributed by atoms with Crippen LogP contribution in [0.1, 0.15) is 26.6 Å². The van der Waals surface area contributed by atoms with E-state index in [1.54, 1.807) is 23.6 Å². The minimum atomic E-state index is -0.500. The van der Waals surface area contributed by atoms with Crippen molar-refractivity contribution < 1.29 is 19.1 Å². The molecular formula is C22H19N3O4S2. The molecule has 1 aliphatic heterocycles. The van der Waals surface area contributed by atoms with Gasteiger partial charge in [0.05, 0.1) is 29.1 Å². The van der Waals surface area contributed by atoms with E-state index in [-0.39, 0.29) is 24.8 Å². The van der Waals surface area contributed by atoms with Crippen molar-refractivity contribution in [2.75, 3.05) is 16.4 Å². The lowest BCUT2D eigenvalue weighted by Crippen LogP contribution is -2.19. The van der Waals surface area contributed by atoms with Gasteiger partial charge in [-0.3, -0.25) is 9.59 Å². The van der Waals surface area contributed by atoms with Gasteiger partial charge in [0.15, 0.2) is 0 Å². The number of ether oxygens (including phenoxy) is 1. The monoisotopic (exact) mass is 453 g/mol. The predicted octanol–water partition coefficient (Wildman–Crippen LogP) is 4.03. The fraction of sp³-hybridized carbons (Fsp3) is 0.182. The molecular weight excluding hydrogens is 434 g/mol. The number of hydrogen-bond donors (Lipinski definition) is 2. The van der Waals surface area contributed by atoms with Crippen molar-refractivity contribution in [1.82, 2.24) is 4.98 Å². The summed E-state index contributed by atoms with van der Waals surface area (Å²) in [5, 5.41) is 8.05. The van der Waals surface area contributed by atoms with Crippen molar-refractivity contribution in [2.45, 2.75) is 24.8 Å². The third kappa shape index (κ3) is 5.31. The first-order valence-electron chi connectivity index (χ1n) is 9.50. The van der Waals surface area contributed by atoms with Gasteiger partial charge in [0.1, 0.15) is 11.6 Å². The van der Waals surface area contributed by atoms with Crippen LogP contribution < -0.4 is 10.6 Å². The predicted molar refractivity (Wildman–Crippen MR) is 121 cm³/mol. The van der Waals surface area contributed by atoms with Crippen molar-refractivity contribution in [3.63, 3.8) is 0 Å². The number of amides is 2. The van der Waals surface area contributed by atoms with Gasteiger partial charge in [0.25, 0.3) is 0 Å². The number of thiazole rings is 1. The van der Waals surface area contributed by atoms with Gasteiger partial charge in [-0.25, -0.2) is 9.78 Å². The zero-order valence-corrected chi connectivity index (χ0v) is 18.3. The van der Waals surface area contributed by atoms with Crippen LogP contribution in [0.3, 0.4) is 0 Å². The molecule has 0 unspecified atom stereocenters. The van der Waals surface area contributed by atoms with E-state index >= 15 is 0 Å². The summed E-state index contributed by atoms with van der Waals surface area (Å²) in [5.74, 6) is -0.378. The van der Waals surface area contributed by atoms with Crippen molar-refractivity contribution in [3.05, 3.63) is 69.7 Å². The quantitative estimate of drug-likeness (QED) is 0.547. The van der Waals surface area contributed by atoms with Crippen LogP contribution in [0, 0.1) is 6.92 Å². The summed E-state index contributed by atoms with van der Waals surface area (Å²) in [7, 11) is 0. The Balaban J connectivity index is 1.31. The third-order valence-corrected chi connectivity index (χ3v) is 6.50. The first kappa shape index (κ1) is 21.1. The molecule has 0 fully saturated rings. The van der Waals surface area contributed by atoms with E-state index in [0.717, 1.165) is 16.1 Å². The smallest absolute Gasteiger partial charge is 0.338 e. The van der Waals surface area contributed by atoms with Gasteiger partial charge in [0, 0.05) is 16.0 Å². The molecule has 2 aromatic carbocycles. The van der Waals surface area contributed by atoms with Crippen molar-refractivity contribution in [1.29, 1.82) is 0 Å². The Hall–Kier alpha value is -3.17. The molecule has 0 saturated heterocycles. The summed E-state index contributed by atoms with van der Waals surface area (Å²) in [6, 6.07) is 12.7. The molecule has 0 atom stereocenters. The van der Waals surface area contributed by atoms with Gasteiger partial charge in [-0.1, -0.05) is 18.2 Å². The molecule has 158 valence electrons. The average Bonchev–Trinajstić information content (AvgIpc) is 3.20. The maximum absolute atomic E-state index is 12.4. The minimum absolute atomic E-state index is 0.00688. The number of hydrogen-bond acceptors (Lipinski definition) is 7. The Morgan fingerprint density at radius 3 is 2.90 bits per heavy atom. The fourth-order valence-corrected chi connectivity index (χ4v) is 4.54. The zero-order chi connectivity index (χ0) is 21.8. The SMILES string of the molecule is Cc1ccccc1NC(=O)Cc1nc(COC(=O)c2ccc3c(c2)NC(=O)CS3)cs1. The number of fused-ring (bicyclic) bond motifs is 1. The molecule has 2 heterocycles. The molecule has 0 saturated carbocycles. The fourth-order valence-electron chi connectivity index (χ4n) is 2.97. The Morgan fingerprint density at radius 1 is 1.23 bits per heavy atom. The topological polar surface area (TPSA) is 97.4 Å². The lowest BCUT2D eigenvalue weighted by Gasteiger charge is -2.16. The molecule has 4 rings (SSSR count). The van der Waals surface area contributed by atoms with Crippen molar-refractivity contribution in [3.8, 4) is 0 Å². The summed E-state index contributed by atoms with van der Waals surface area (Å²) in [6.45, 7) is 1.94. The van der Waals surface area contributed by atoms with E-state index in [1.165, 1.54) is 23.1 Å². The third-order valence-electron chi connectivity index (χ3n) is 4.53. The number of esters is 1. The van der Waals surface area contributed by atoms with Crippen LogP contribution in [0.2, 0.25) is 0 Å². The molecule has 0 aliphatic carbocycles. The maximum Gasteiger partial charge on any atom is 0.338 e. The number of anilines is 2. The highest BCUT2D eigenvalue weighted by Gasteiger charge is 2.18. The van der Waals surface area contributed by atoms with Gasteiger partial charge >= 0.3 is 5.97 Å². The number of aryl methyl sites for hydroxylation is 1. The van der Waals surface area contributed by atoms with E-state index in [4.69, 9.17) is 4.74 Å². The Bertz CT molecular complexity index is 1160. The number of thioether (sulfide) groups is 1. The standard InChI is InChI=1S/C22H19N3O4S2/c1-13-4-2-3-5-16(13)24-19(26)9-21-23-15(11-31-21)10-29-22(28)14-6-7-18-17(8-14)25-20(27)12-30-18/h2-8,11H,9-10,12H2,1H3,(H,24,26)(H,25,27). The molecule has 2 amide bonds. The Kier molecular flexibility index (Phi) is 6.34.